The fourth-order valence-corrected chi connectivity index (χ4v) is 2.18. The Morgan fingerprint density at radius 1 is 1.53 bits per heavy atom. The molecule has 0 unspecified atom stereocenters. The number of aliphatic hydroxyl groups is 2. The molecule has 2 aromatic heterocycles. The maximum atomic E-state index is 9.70. The highest BCUT2D eigenvalue weighted by Crippen LogP contribution is 2.30. The summed E-state index contributed by atoms with van der Waals surface area (Å²) in [5.41, 5.74) is 0.774. The zero-order valence-corrected chi connectivity index (χ0v) is 9.10. The number of hydrogen-bond donors (Lipinski definition) is 2. The van der Waals surface area contributed by atoms with Crippen molar-refractivity contribution in [2.75, 3.05) is 6.61 Å². The molecule has 2 aromatic rings. The highest BCUT2D eigenvalue weighted by atomic mass is 16.5. The minimum absolute atomic E-state index is 0.175. The Balaban J connectivity index is 1.95. The SMILES string of the molecule is OC[C@H]1O[C@@H](n2ccc3cncnc32)C[C@@H]1O. The number of fused-ring (bicyclic) bond motifs is 1. The first kappa shape index (κ1) is 10.6. The molecule has 1 fully saturated rings. The summed E-state index contributed by atoms with van der Waals surface area (Å²) in [5.74, 6) is 0. The topological polar surface area (TPSA) is 80.4 Å². The number of aromatic nitrogens is 3. The summed E-state index contributed by atoms with van der Waals surface area (Å²) in [6.07, 6.45) is 4.09. The first-order chi connectivity index (χ1) is 8.29. The van der Waals surface area contributed by atoms with Gasteiger partial charge in [0.1, 0.15) is 24.3 Å². The van der Waals surface area contributed by atoms with Gasteiger partial charge in [0.15, 0.2) is 0 Å². The lowest BCUT2D eigenvalue weighted by Gasteiger charge is -2.14. The predicted molar refractivity (Wildman–Crippen MR) is 59.1 cm³/mol. The van der Waals surface area contributed by atoms with Gasteiger partial charge >= 0.3 is 0 Å². The van der Waals surface area contributed by atoms with Crippen molar-refractivity contribution in [3.05, 3.63) is 24.8 Å². The number of rotatable bonds is 2. The summed E-state index contributed by atoms with van der Waals surface area (Å²) in [4.78, 5) is 8.13. The molecular weight excluding hydrogens is 222 g/mol. The molecule has 0 saturated carbocycles. The van der Waals surface area contributed by atoms with Crippen molar-refractivity contribution < 1.29 is 14.9 Å². The van der Waals surface area contributed by atoms with E-state index in [0.29, 0.717) is 6.42 Å². The zero-order valence-electron chi connectivity index (χ0n) is 9.10. The zero-order chi connectivity index (χ0) is 11.8. The molecule has 0 aromatic carbocycles. The van der Waals surface area contributed by atoms with Crippen LogP contribution in [0.1, 0.15) is 12.6 Å². The Bertz CT molecular complexity index is 527. The second kappa shape index (κ2) is 4.06. The molecule has 6 nitrogen and oxygen atoms in total. The molecule has 3 atom stereocenters. The Hall–Kier alpha value is -1.50. The van der Waals surface area contributed by atoms with Gasteiger partial charge in [0.25, 0.3) is 0 Å². The van der Waals surface area contributed by atoms with E-state index in [0.717, 1.165) is 11.0 Å². The van der Waals surface area contributed by atoms with Crippen LogP contribution in [0.15, 0.2) is 24.8 Å². The molecule has 0 aliphatic carbocycles. The van der Waals surface area contributed by atoms with Crippen molar-refractivity contribution in [2.24, 2.45) is 0 Å². The van der Waals surface area contributed by atoms with Crippen molar-refractivity contribution in [1.29, 1.82) is 0 Å². The number of aliphatic hydroxyl groups excluding tert-OH is 2. The average Bonchev–Trinajstić information content (AvgIpc) is 2.92. The van der Waals surface area contributed by atoms with E-state index in [1.807, 2.05) is 16.8 Å². The van der Waals surface area contributed by atoms with Crippen molar-refractivity contribution >= 4 is 11.0 Å². The molecule has 0 bridgehead atoms. The third-order valence-corrected chi connectivity index (χ3v) is 3.07. The van der Waals surface area contributed by atoms with E-state index in [2.05, 4.69) is 9.97 Å². The highest BCUT2D eigenvalue weighted by molar-refractivity contribution is 5.74. The van der Waals surface area contributed by atoms with Crippen molar-refractivity contribution in [2.45, 2.75) is 24.9 Å². The molecule has 1 aliphatic rings. The van der Waals surface area contributed by atoms with E-state index in [9.17, 15) is 5.11 Å². The third-order valence-electron chi connectivity index (χ3n) is 3.07. The summed E-state index contributed by atoms with van der Waals surface area (Å²) >= 11 is 0. The van der Waals surface area contributed by atoms with E-state index >= 15 is 0 Å². The third kappa shape index (κ3) is 1.70. The van der Waals surface area contributed by atoms with Crippen molar-refractivity contribution in [1.82, 2.24) is 14.5 Å². The van der Waals surface area contributed by atoms with Crippen LogP contribution < -0.4 is 0 Å². The van der Waals surface area contributed by atoms with E-state index in [1.54, 1.807) is 6.20 Å². The molecule has 17 heavy (non-hydrogen) atoms. The van der Waals surface area contributed by atoms with Gasteiger partial charge in [0, 0.05) is 24.2 Å². The molecule has 90 valence electrons. The molecule has 2 N–H and O–H groups in total. The van der Waals surface area contributed by atoms with E-state index in [-0.39, 0.29) is 12.8 Å². The van der Waals surface area contributed by atoms with E-state index < -0.39 is 12.2 Å². The van der Waals surface area contributed by atoms with Gasteiger partial charge in [0.2, 0.25) is 0 Å². The summed E-state index contributed by atoms with van der Waals surface area (Å²) in [7, 11) is 0. The summed E-state index contributed by atoms with van der Waals surface area (Å²) < 4.78 is 7.43. The lowest BCUT2D eigenvalue weighted by atomic mass is 10.2. The summed E-state index contributed by atoms with van der Waals surface area (Å²) in [6, 6.07) is 1.90. The number of ether oxygens (including phenoxy) is 1. The lowest BCUT2D eigenvalue weighted by molar-refractivity contribution is -0.0430. The second-order valence-electron chi connectivity index (χ2n) is 4.14. The Labute approximate surface area is 97.5 Å². The van der Waals surface area contributed by atoms with Gasteiger partial charge in [0.05, 0.1) is 12.7 Å². The fraction of sp³-hybridized carbons (Fsp3) is 0.455. The van der Waals surface area contributed by atoms with Crippen LogP contribution in [0.5, 0.6) is 0 Å². The number of nitrogens with zero attached hydrogens (tertiary/aromatic N) is 3. The van der Waals surface area contributed by atoms with Crippen molar-refractivity contribution in [3.63, 3.8) is 0 Å². The van der Waals surface area contributed by atoms with Crippen LogP contribution in [-0.4, -0.2) is 43.6 Å². The van der Waals surface area contributed by atoms with Gasteiger partial charge in [-0.3, -0.25) is 0 Å². The van der Waals surface area contributed by atoms with Crippen molar-refractivity contribution in [3.8, 4) is 0 Å². The lowest BCUT2D eigenvalue weighted by Crippen LogP contribution is -2.24. The maximum Gasteiger partial charge on any atom is 0.145 e. The van der Waals surface area contributed by atoms with Gasteiger partial charge < -0.3 is 19.5 Å². The first-order valence-electron chi connectivity index (χ1n) is 5.50. The minimum atomic E-state index is -0.635. The van der Waals surface area contributed by atoms with Gasteiger partial charge in [-0.2, -0.15) is 0 Å². The van der Waals surface area contributed by atoms with Gasteiger partial charge in [-0.05, 0) is 6.07 Å². The van der Waals surface area contributed by atoms with Crippen LogP contribution in [0.3, 0.4) is 0 Å². The average molecular weight is 235 g/mol. The number of hydrogen-bond acceptors (Lipinski definition) is 5. The highest BCUT2D eigenvalue weighted by Gasteiger charge is 2.34. The maximum absolute atomic E-state index is 9.70. The van der Waals surface area contributed by atoms with Gasteiger partial charge in [-0.15, -0.1) is 0 Å². The molecule has 6 heteroatoms. The Morgan fingerprint density at radius 2 is 2.41 bits per heavy atom. The summed E-state index contributed by atoms with van der Waals surface area (Å²) in [5, 5.41) is 19.7. The molecular formula is C11H13N3O3. The molecule has 0 radical (unpaired) electrons. The van der Waals surface area contributed by atoms with Crippen LogP contribution in [0.2, 0.25) is 0 Å². The fourth-order valence-electron chi connectivity index (χ4n) is 2.18. The largest absolute Gasteiger partial charge is 0.394 e. The van der Waals surface area contributed by atoms with Crippen LogP contribution >= 0.6 is 0 Å². The van der Waals surface area contributed by atoms with Crippen LogP contribution in [0.25, 0.3) is 11.0 Å². The quantitative estimate of drug-likeness (QED) is 0.770. The first-order valence-corrected chi connectivity index (χ1v) is 5.50. The van der Waals surface area contributed by atoms with Gasteiger partial charge in [-0.1, -0.05) is 0 Å². The summed E-state index contributed by atoms with van der Waals surface area (Å²) in [6.45, 7) is -0.175. The molecule has 1 saturated heterocycles. The smallest absolute Gasteiger partial charge is 0.145 e. The van der Waals surface area contributed by atoms with Crippen LogP contribution in [0.4, 0.5) is 0 Å². The monoisotopic (exact) mass is 235 g/mol. The molecule has 3 heterocycles. The molecule has 0 spiro atoms. The minimum Gasteiger partial charge on any atom is -0.394 e. The van der Waals surface area contributed by atoms with Gasteiger partial charge in [-0.25, -0.2) is 9.97 Å². The Morgan fingerprint density at radius 3 is 3.18 bits per heavy atom. The molecule has 3 rings (SSSR count). The van der Waals surface area contributed by atoms with E-state index in [4.69, 9.17) is 9.84 Å². The van der Waals surface area contributed by atoms with E-state index in [1.165, 1.54) is 6.33 Å². The normalized spacial score (nSPS) is 28.9. The van der Waals surface area contributed by atoms with Crippen LogP contribution in [-0.2, 0) is 4.74 Å². The van der Waals surface area contributed by atoms with Crippen LogP contribution in [0, 0.1) is 0 Å². The second-order valence-corrected chi connectivity index (χ2v) is 4.14. The Kier molecular flexibility index (Phi) is 2.54. The molecule has 1 aliphatic heterocycles. The molecule has 0 amide bonds. The standard InChI is InChI=1S/C11H13N3O3/c15-5-9-8(16)3-10(17-9)14-2-1-7-4-12-6-13-11(7)14/h1-2,4,6,8-10,15-16H,3,5H2/t8-,9+,10+/m0/s1. The predicted octanol–water partition coefficient (Wildman–Crippen LogP) is 0.0720.